The number of hydrogen-bond donors (Lipinski definition) is 3. The summed E-state index contributed by atoms with van der Waals surface area (Å²) in [6, 6.07) is 20.2. The van der Waals surface area contributed by atoms with E-state index in [1.807, 2.05) is 18.2 Å². The molecule has 0 fully saturated rings. The first-order chi connectivity index (χ1) is 23.6. The molecule has 1 amide bonds. The van der Waals surface area contributed by atoms with E-state index < -0.39 is 20.7 Å². The lowest BCUT2D eigenvalue weighted by atomic mass is 10.1. The van der Waals surface area contributed by atoms with Crippen LogP contribution in [-0.2, 0) is 36.2 Å². The molecule has 258 valence electrons. The van der Waals surface area contributed by atoms with Crippen LogP contribution in [0.25, 0.3) is 22.2 Å². The van der Waals surface area contributed by atoms with Gasteiger partial charge in [0.1, 0.15) is 41.8 Å². The molecule has 0 aliphatic carbocycles. The van der Waals surface area contributed by atoms with E-state index in [0.29, 0.717) is 55.8 Å². The molecule has 0 unspecified atom stereocenters. The Balaban J connectivity index is 1.29. The van der Waals surface area contributed by atoms with E-state index in [2.05, 4.69) is 24.7 Å². The van der Waals surface area contributed by atoms with Gasteiger partial charge < -0.3 is 29.0 Å². The molecule has 0 radical (unpaired) electrons. The summed E-state index contributed by atoms with van der Waals surface area (Å²) >= 11 is 7.44. The van der Waals surface area contributed by atoms with Crippen LogP contribution >= 0.6 is 31.5 Å². The summed E-state index contributed by atoms with van der Waals surface area (Å²) in [5.74, 6) is 1.77. The number of phosphoric acid groups is 1. The maximum Gasteiger partial charge on any atom is 0.472 e. The summed E-state index contributed by atoms with van der Waals surface area (Å²) in [7, 11) is -3.49. The minimum Gasteiger partial charge on any atom is -0.487 e. The zero-order valence-electron chi connectivity index (χ0n) is 25.7. The summed E-state index contributed by atoms with van der Waals surface area (Å²) in [4.78, 5) is 44.9. The molecule has 14 nitrogen and oxygen atoms in total. The smallest absolute Gasteiger partial charge is 0.472 e. The van der Waals surface area contributed by atoms with Crippen molar-refractivity contribution < 1.29 is 51.2 Å². The van der Waals surface area contributed by atoms with Gasteiger partial charge in [0.2, 0.25) is 6.79 Å². The highest BCUT2D eigenvalue weighted by Gasteiger charge is 2.21. The van der Waals surface area contributed by atoms with Crippen LogP contribution < -0.4 is 10.1 Å². The van der Waals surface area contributed by atoms with Crippen molar-refractivity contribution in [2.45, 2.75) is 13.2 Å². The van der Waals surface area contributed by atoms with Crippen LogP contribution in [0.3, 0.4) is 0 Å². The lowest BCUT2D eigenvalue weighted by Gasteiger charge is -2.20. The standard InChI is InChI=1S/C31H29ClFN4O10PS/c1-42-47-49-12-11-37(31(38)44-19-45-48(39,40)41)16-24-7-10-28(46-24)21-5-8-27-25(14-21)30(35-18-34-27)36-23-6-9-29(26(32)15-23)43-17-20-3-2-4-22(33)13-20/h2-10,13-15,18H,11-12,16-17,19H2,1H3,(H,34,35,36)(H2,39,40,41). The van der Waals surface area contributed by atoms with Gasteiger partial charge in [0.25, 0.3) is 0 Å². The highest BCUT2D eigenvalue weighted by Crippen LogP contribution is 2.36. The molecule has 0 spiro atoms. The molecular formula is C31H29ClFN4O10PS. The first-order valence-corrected chi connectivity index (χ1v) is 17.1. The van der Waals surface area contributed by atoms with Gasteiger partial charge >= 0.3 is 13.9 Å². The van der Waals surface area contributed by atoms with Crippen LogP contribution in [0.2, 0.25) is 5.02 Å². The topological polar surface area (TPSA) is 175 Å². The number of nitrogens with one attached hydrogen (secondary N) is 1. The number of carbonyl (C=O) groups is 1. The highest BCUT2D eigenvalue weighted by molar-refractivity contribution is 7.94. The van der Waals surface area contributed by atoms with Gasteiger partial charge in [0, 0.05) is 41.0 Å². The number of carbonyl (C=O) groups excluding carboxylic acids is 1. The number of nitrogens with zero attached hydrogens (tertiary/aromatic N) is 3. The van der Waals surface area contributed by atoms with Crippen LogP contribution in [0.4, 0.5) is 20.7 Å². The molecule has 0 saturated carbocycles. The van der Waals surface area contributed by atoms with Gasteiger partial charge in [0.15, 0.2) is 0 Å². The van der Waals surface area contributed by atoms with E-state index in [0.717, 1.165) is 12.0 Å². The molecule has 49 heavy (non-hydrogen) atoms. The first kappa shape index (κ1) is 36.0. The van der Waals surface area contributed by atoms with Crippen molar-refractivity contribution >= 4 is 60.0 Å². The van der Waals surface area contributed by atoms with Crippen molar-refractivity contribution in [2.75, 3.05) is 31.5 Å². The molecule has 0 bridgehead atoms. The molecule has 2 heterocycles. The van der Waals surface area contributed by atoms with E-state index in [1.165, 1.54) is 30.5 Å². The summed E-state index contributed by atoms with van der Waals surface area (Å²) in [5, 5.41) is 4.30. The molecule has 0 aliphatic heterocycles. The van der Waals surface area contributed by atoms with E-state index in [9.17, 15) is 13.8 Å². The maximum atomic E-state index is 13.5. The van der Waals surface area contributed by atoms with Gasteiger partial charge in [-0.3, -0.25) is 4.90 Å². The minimum absolute atomic E-state index is 0.0332. The quantitative estimate of drug-likeness (QED) is 0.0231. The lowest BCUT2D eigenvalue weighted by molar-refractivity contribution is -0.160. The number of furan rings is 1. The summed E-state index contributed by atoms with van der Waals surface area (Å²) < 4.78 is 50.1. The summed E-state index contributed by atoms with van der Waals surface area (Å²) in [6.07, 6.45) is 0.538. The second-order valence-electron chi connectivity index (χ2n) is 10.0. The lowest BCUT2D eigenvalue weighted by Crippen LogP contribution is -2.33. The van der Waals surface area contributed by atoms with Crippen LogP contribution in [0.1, 0.15) is 11.3 Å². The molecule has 2 aromatic heterocycles. The third-order valence-electron chi connectivity index (χ3n) is 6.63. The Labute approximate surface area is 288 Å². The predicted octanol–water partition coefficient (Wildman–Crippen LogP) is 7.24. The number of hydrogen-bond acceptors (Lipinski definition) is 12. The Hall–Kier alpha value is -4.25. The van der Waals surface area contributed by atoms with E-state index >= 15 is 0 Å². The summed E-state index contributed by atoms with van der Waals surface area (Å²) in [5.41, 5.74) is 2.67. The van der Waals surface area contributed by atoms with E-state index in [1.54, 1.807) is 42.5 Å². The van der Waals surface area contributed by atoms with Crippen LogP contribution in [0, 0.1) is 5.82 Å². The number of rotatable bonds is 16. The van der Waals surface area contributed by atoms with Crippen LogP contribution in [0.15, 0.2) is 83.5 Å². The second kappa shape index (κ2) is 16.9. The second-order valence-corrected chi connectivity index (χ2v) is 12.5. The number of anilines is 2. The van der Waals surface area contributed by atoms with Gasteiger partial charge in [-0.05, 0) is 66.2 Å². The Bertz CT molecular complexity index is 1950. The number of amides is 1. The molecule has 18 heteroatoms. The third kappa shape index (κ3) is 10.6. The average molecular weight is 735 g/mol. The molecule has 0 aliphatic rings. The normalized spacial score (nSPS) is 11.4. The van der Waals surface area contributed by atoms with Crippen molar-refractivity contribution in [1.82, 2.24) is 14.9 Å². The Kier molecular flexibility index (Phi) is 12.4. The number of halogens is 2. The molecule has 3 N–H and O–H groups in total. The Morgan fingerprint density at radius 3 is 2.73 bits per heavy atom. The largest absolute Gasteiger partial charge is 0.487 e. The number of fused-ring (bicyclic) bond motifs is 1. The fourth-order valence-corrected chi connectivity index (χ4v) is 5.32. The Morgan fingerprint density at radius 2 is 1.96 bits per heavy atom. The van der Waals surface area contributed by atoms with Gasteiger partial charge in [-0.1, -0.05) is 23.7 Å². The third-order valence-corrected chi connectivity index (χ3v) is 7.95. The Morgan fingerprint density at radius 1 is 1.10 bits per heavy atom. The van der Waals surface area contributed by atoms with Crippen molar-refractivity contribution in [3.63, 3.8) is 0 Å². The van der Waals surface area contributed by atoms with Crippen LogP contribution in [-0.4, -0.2) is 56.9 Å². The van der Waals surface area contributed by atoms with Crippen molar-refractivity contribution in [3.8, 4) is 17.1 Å². The number of phosphoric ester groups is 1. The minimum atomic E-state index is -4.83. The van der Waals surface area contributed by atoms with E-state index in [4.69, 9.17) is 39.6 Å². The zero-order valence-corrected chi connectivity index (χ0v) is 28.1. The molecule has 0 atom stereocenters. The SMILES string of the molecule is COOSCCN(Cc1ccc(-c2ccc3ncnc(Nc4ccc(OCc5cccc(F)c5)c(Cl)c4)c3c2)o1)C(=O)OCOP(=O)(O)O. The summed E-state index contributed by atoms with van der Waals surface area (Å²) in [6.45, 7) is -0.711. The van der Waals surface area contributed by atoms with Gasteiger partial charge in [-0.2, -0.15) is 4.33 Å². The first-order valence-electron chi connectivity index (χ1n) is 14.3. The monoisotopic (exact) mass is 734 g/mol. The zero-order chi connectivity index (χ0) is 34.8. The molecule has 0 saturated heterocycles. The fourth-order valence-electron chi connectivity index (χ4n) is 4.44. The average Bonchev–Trinajstić information content (AvgIpc) is 3.54. The van der Waals surface area contributed by atoms with Gasteiger partial charge in [-0.15, -0.1) is 0 Å². The van der Waals surface area contributed by atoms with Gasteiger partial charge in [0.05, 0.1) is 24.2 Å². The van der Waals surface area contributed by atoms with E-state index in [-0.39, 0.29) is 31.3 Å². The molecule has 5 aromatic rings. The van der Waals surface area contributed by atoms with Crippen molar-refractivity contribution in [3.05, 3.63) is 101 Å². The molecule has 3 aromatic carbocycles. The van der Waals surface area contributed by atoms with Gasteiger partial charge in [-0.25, -0.2) is 33.1 Å². The predicted molar refractivity (Wildman–Crippen MR) is 178 cm³/mol. The van der Waals surface area contributed by atoms with Crippen molar-refractivity contribution in [1.29, 1.82) is 0 Å². The number of ether oxygens (including phenoxy) is 2. The molecule has 5 rings (SSSR count). The van der Waals surface area contributed by atoms with Crippen molar-refractivity contribution in [2.24, 2.45) is 0 Å². The van der Waals surface area contributed by atoms with Crippen LogP contribution in [0.5, 0.6) is 5.75 Å². The molecular weight excluding hydrogens is 706 g/mol. The fraction of sp³-hybridized carbons (Fsp3) is 0.194. The maximum absolute atomic E-state index is 13.5. The number of benzene rings is 3. The number of aromatic nitrogens is 2. The highest BCUT2D eigenvalue weighted by atomic mass is 35.5.